The Kier molecular flexibility index (Phi) is 3.72. The molecule has 2 rings (SSSR count). The normalized spacial score (nSPS) is 9.56. The molecule has 1 aromatic heterocycles. The Bertz CT molecular complexity index is 563. The third kappa shape index (κ3) is 2.74. The fraction of sp³-hybridized carbons (Fsp3) is 0.154. The van der Waals surface area contributed by atoms with Crippen LogP contribution < -0.4 is 10.1 Å². The first-order chi connectivity index (χ1) is 8.83. The summed E-state index contributed by atoms with van der Waals surface area (Å²) < 4.78 is 5.09. The number of nitrogens with zero attached hydrogens (tertiary/aromatic N) is 3. The van der Waals surface area contributed by atoms with E-state index in [1.54, 1.807) is 31.6 Å². The minimum Gasteiger partial charge on any atom is -0.495 e. The molecule has 0 aliphatic heterocycles. The van der Waals surface area contributed by atoms with Crippen LogP contribution in [0.25, 0.3) is 0 Å². The smallest absolute Gasteiger partial charge is 0.136 e. The SMILES string of the molecule is COc1ccc(CNc2cncnc2)cc1C#N. The van der Waals surface area contributed by atoms with Gasteiger partial charge in [-0.1, -0.05) is 6.07 Å². The Morgan fingerprint density at radius 3 is 2.78 bits per heavy atom. The van der Waals surface area contributed by atoms with Gasteiger partial charge in [-0.25, -0.2) is 9.97 Å². The average molecular weight is 240 g/mol. The molecule has 0 unspecified atom stereocenters. The van der Waals surface area contributed by atoms with Gasteiger partial charge in [-0.3, -0.25) is 0 Å². The van der Waals surface area contributed by atoms with Gasteiger partial charge in [0.15, 0.2) is 0 Å². The maximum Gasteiger partial charge on any atom is 0.136 e. The van der Waals surface area contributed by atoms with E-state index < -0.39 is 0 Å². The van der Waals surface area contributed by atoms with Gasteiger partial charge in [0.1, 0.15) is 18.1 Å². The molecule has 0 atom stereocenters. The zero-order valence-corrected chi connectivity index (χ0v) is 9.92. The van der Waals surface area contributed by atoms with Crippen molar-refractivity contribution in [2.45, 2.75) is 6.54 Å². The monoisotopic (exact) mass is 240 g/mol. The van der Waals surface area contributed by atoms with Crippen LogP contribution in [-0.2, 0) is 6.54 Å². The molecular formula is C13H12N4O. The van der Waals surface area contributed by atoms with Crippen molar-refractivity contribution in [2.75, 3.05) is 12.4 Å². The third-order valence-electron chi connectivity index (χ3n) is 2.44. The summed E-state index contributed by atoms with van der Waals surface area (Å²) in [6, 6.07) is 7.61. The van der Waals surface area contributed by atoms with E-state index in [1.165, 1.54) is 6.33 Å². The van der Waals surface area contributed by atoms with Gasteiger partial charge in [-0.2, -0.15) is 5.26 Å². The van der Waals surface area contributed by atoms with Crippen LogP contribution in [0.2, 0.25) is 0 Å². The molecule has 0 saturated heterocycles. The Balaban J connectivity index is 2.09. The molecule has 90 valence electrons. The molecule has 1 heterocycles. The quantitative estimate of drug-likeness (QED) is 0.884. The molecule has 18 heavy (non-hydrogen) atoms. The first-order valence-electron chi connectivity index (χ1n) is 5.39. The van der Waals surface area contributed by atoms with E-state index >= 15 is 0 Å². The number of ether oxygens (including phenoxy) is 1. The Morgan fingerprint density at radius 2 is 2.11 bits per heavy atom. The van der Waals surface area contributed by atoms with Crippen molar-refractivity contribution < 1.29 is 4.74 Å². The van der Waals surface area contributed by atoms with Gasteiger partial charge in [-0.05, 0) is 17.7 Å². The summed E-state index contributed by atoms with van der Waals surface area (Å²) in [7, 11) is 1.55. The van der Waals surface area contributed by atoms with E-state index in [2.05, 4.69) is 21.4 Å². The molecule has 5 nitrogen and oxygen atoms in total. The van der Waals surface area contributed by atoms with Crippen LogP contribution in [0, 0.1) is 11.3 Å². The highest BCUT2D eigenvalue weighted by atomic mass is 16.5. The first kappa shape index (κ1) is 11.9. The Morgan fingerprint density at radius 1 is 1.33 bits per heavy atom. The molecule has 1 aromatic carbocycles. The largest absolute Gasteiger partial charge is 0.495 e. The number of nitrogens with one attached hydrogen (secondary N) is 1. The summed E-state index contributed by atoms with van der Waals surface area (Å²) in [6.07, 6.45) is 4.87. The first-order valence-corrected chi connectivity index (χ1v) is 5.39. The predicted octanol–water partition coefficient (Wildman–Crippen LogP) is 1.97. The van der Waals surface area contributed by atoms with Crippen molar-refractivity contribution >= 4 is 5.69 Å². The van der Waals surface area contributed by atoms with E-state index in [-0.39, 0.29) is 0 Å². The minimum atomic E-state index is 0.529. The van der Waals surface area contributed by atoms with Gasteiger partial charge >= 0.3 is 0 Å². The van der Waals surface area contributed by atoms with Crippen LogP contribution in [0.15, 0.2) is 36.9 Å². The molecule has 0 radical (unpaired) electrons. The molecule has 1 N–H and O–H groups in total. The van der Waals surface area contributed by atoms with Gasteiger partial charge in [0.25, 0.3) is 0 Å². The van der Waals surface area contributed by atoms with Gasteiger partial charge in [0.2, 0.25) is 0 Å². The molecular weight excluding hydrogens is 228 g/mol. The average Bonchev–Trinajstić information content (AvgIpc) is 2.45. The van der Waals surface area contributed by atoms with E-state index in [0.717, 1.165) is 11.3 Å². The van der Waals surface area contributed by atoms with Crippen LogP contribution >= 0.6 is 0 Å². The standard InChI is InChI=1S/C13H12N4O/c1-18-13-3-2-10(4-11(13)5-14)6-17-12-7-15-9-16-8-12/h2-4,7-9,17H,6H2,1H3. The second-order valence-corrected chi connectivity index (χ2v) is 3.63. The highest BCUT2D eigenvalue weighted by molar-refractivity contribution is 5.46. The zero-order chi connectivity index (χ0) is 12.8. The summed E-state index contributed by atoms with van der Waals surface area (Å²) >= 11 is 0. The van der Waals surface area contributed by atoms with Crippen LogP contribution in [0.1, 0.15) is 11.1 Å². The molecule has 0 spiro atoms. The second-order valence-electron chi connectivity index (χ2n) is 3.63. The minimum absolute atomic E-state index is 0.529. The lowest BCUT2D eigenvalue weighted by Crippen LogP contribution is -2.01. The lowest BCUT2D eigenvalue weighted by Gasteiger charge is -2.07. The maximum absolute atomic E-state index is 8.99. The van der Waals surface area contributed by atoms with Gasteiger partial charge in [0, 0.05) is 6.54 Å². The number of nitriles is 1. The van der Waals surface area contributed by atoms with E-state index in [1.807, 2.05) is 6.07 Å². The van der Waals surface area contributed by atoms with Crippen molar-refractivity contribution in [3.8, 4) is 11.8 Å². The predicted molar refractivity (Wildman–Crippen MR) is 67.1 cm³/mol. The number of methoxy groups -OCH3 is 1. The lowest BCUT2D eigenvalue weighted by atomic mass is 10.1. The molecule has 0 fully saturated rings. The number of hydrogen-bond donors (Lipinski definition) is 1. The van der Waals surface area contributed by atoms with Crippen LogP contribution in [0.5, 0.6) is 5.75 Å². The van der Waals surface area contributed by atoms with Crippen molar-refractivity contribution in [1.29, 1.82) is 5.26 Å². The number of rotatable bonds is 4. The Labute approximate surface area is 105 Å². The van der Waals surface area contributed by atoms with Crippen molar-refractivity contribution in [3.05, 3.63) is 48.0 Å². The number of hydrogen-bond acceptors (Lipinski definition) is 5. The third-order valence-corrected chi connectivity index (χ3v) is 2.44. The van der Waals surface area contributed by atoms with E-state index in [4.69, 9.17) is 10.00 Å². The summed E-state index contributed by atoms with van der Waals surface area (Å²) in [4.78, 5) is 7.82. The van der Waals surface area contributed by atoms with Gasteiger partial charge in [-0.15, -0.1) is 0 Å². The number of benzene rings is 1. The summed E-state index contributed by atoms with van der Waals surface area (Å²) in [5.41, 5.74) is 2.36. The van der Waals surface area contributed by atoms with Crippen molar-refractivity contribution in [1.82, 2.24) is 9.97 Å². The second kappa shape index (κ2) is 5.64. The van der Waals surface area contributed by atoms with Crippen LogP contribution in [0.3, 0.4) is 0 Å². The molecule has 0 aliphatic carbocycles. The number of aromatic nitrogens is 2. The fourth-order valence-corrected chi connectivity index (χ4v) is 1.55. The van der Waals surface area contributed by atoms with E-state index in [9.17, 15) is 0 Å². The molecule has 0 amide bonds. The number of anilines is 1. The van der Waals surface area contributed by atoms with Gasteiger partial charge in [0.05, 0.1) is 30.8 Å². The van der Waals surface area contributed by atoms with Gasteiger partial charge < -0.3 is 10.1 Å². The molecule has 5 heteroatoms. The van der Waals surface area contributed by atoms with E-state index in [0.29, 0.717) is 17.9 Å². The topological polar surface area (TPSA) is 70.8 Å². The van der Waals surface area contributed by atoms with Crippen molar-refractivity contribution in [3.63, 3.8) is 0 Å². The Hall–Kier alpha value is -2.61. The summed E-state index contributed by atoms with van der Waals surface area (Å²) in [5, 5.41) is 12.2. The fourth-order valence-electron chi connectivity index (χ4n) is 1.55. The summed E-state index contributed by atoms with van der Waals surface area (Å²) in [5.74, 6) is 0.587. The summed E-state index contributed by atoms with van der Waals surface area (Å²) in [6.45, 7) is 0.603. The maximum atomic E-state index is 8.99. The molecule has 0 saturated carbocycles. The highest BCUT2D eigenvalue weighted by Crippen LogP contribution is 2.19. The zero-order valence-electron chi connectivity index (χ0n) is 9.92. The molecule has 2 aromatic rings. The van der Waals surface area contributed by atoms with Crippen LogP contribution in [-0.4, -0.2) is 17.1 Å². The van der Waals surface area contributed by atoms with Crippen molar-refractivity contribution in [2.24, 2.45) is 0 Å². The highest BCUT2D eigenvalue weighted by Gasteiger charge is 2.03. The molecule has 0 aliphatic rings. The molecule has 0 bridgehead atoms. The van der Waals surface area contributed by atoms with Crippen LogP contribution in [0.4, 0.5) is 5.69 Å². The lowest BCUT2D eigenvalue weighted by molar-refractivity contribution is 0.413.